The SMILES string of the molecule is CC1CCN(S(=O)(=O)N2CCCC[C@H]2C(=O)O)CC1. The van der Waals surface area contributed by atoms with Crippen LogP contribution in [0.25, 0.3) is 0 Å². The maximum absolute atomic E-state index is 12.6. The van der Waals surface area contributed by atoms with Crippen LogP contribution in [0.15, 0.2) is 0 Å². The van der Waals surface area contributed by atoms with Gasteiger partial charge in [-0.05, 0) is 38.0 Å². The van der Waals surface area contributed by atoms with Gasteiger partial charge in [0.15, 0.2) is 0 Å². The van der Waals surface area contributed by atoms with Crippen molar-refractivity contribution < 1.29 is 18.3 Å². The molecule has 7 heteroatoms. The largest absolute Gasteiger partial charge is 0.480 e. The van der Waals surface area contributed by atoms with Crippen LogP contribution < -0.4 is 0 Å². The van der Waals surface area contributed by atoms with E-state index in [0.29, 0.717) is 32.0 Å². The highest BCUT2D eigenvalue weighted by molar-refractivity contribution is 7.86. The third-order valence-corrected chi connectivity index (χ3v) is 6.15. The zero-order valence-corrected chi connectivity index (χ0v) is 12.1. The Bertz CT molecular complexity index is 429. The molecule has 0 amide bonds. The van der Waals surface area contributed by atoms with Crippen LogP contribution in [0.1, 0.15) is 39.0 Å². The van der Waals surface area contributed by atoms with Crippen LogP contribution in [-0.4, -0.2) is 53.8 Å². The summed E-state index contributed by atoms with van der Waals surface area (Å²) in [7, 11) is -3.62. The van der Waals surface area contributed by atoms with E-state index in [1.54, 1.807) is 0 Å². The lowest BCUT2D eigenvalue weighted by Gasteiger charge is -2.38. The molecule has 0 saturated carbocycles. The second kappa shape index (κ2) is 5.76. The molecule has 0 unspecified atom stereocenters. The average Bonchev–Trinajstić information content (AvgIpc) is 2.39. The number of piperidine rings is 2. The van der Waals surface area contributed by atoms with Crippen molar-refractivity contribution in [3.05, 3.63) is 0 Å². The van der Waals surface area contributed by atoms with Gasteiger partial charge >= 0.3 is 5.97 Å². The Labute approximate surface area is 114 Å². The first-order valence-electron chi connectivity index (χ1n) is 6.92. The van der Waals surface area contributed by atoms with Gasteiger partial charge in [0.2, 0.25) is 0 Å². The first-order valence-corrected chi connectivity index (χ1v) is 8.32. The summed E-state index contributed by atoms with van der Waals surface area (Å²) < 4.78 is 27.7. The van der Waals surface area contributed by atoms with Crippen molar-refractivity contribution in [2.24, 2.45) is 5.92 Å². The third-order valence-electron chi connectivity index (χ3n) is 4.10. The Morgan fingerprint density at radius 1 is 1.11 bits per heavy atom. The molecule has 1 N–H and O–H groups in total. The van der Waals surface area contributed by atoms with E-state index in [4.69, 9.17) is 0 Å². The monoisotopic (exact) mass is 290 g/mol. The molecule has 2 heterocycles. The molecule has 19 heavy (non-hydrogen) atoms. The molecule has 0 aromatic heterocycles. The number of hydrogen-bond donors (Lipinski definition) is 1. The van der Waals surface area contributed by atoms with E-state index in [2.05, 4.69) is 6.92 Å². The molecule has 0 aromatic rings. The van der Waals surface area contributed by atoms with E-state index < -0.39 is 22.2 Å². The quantitative estimate of drug-likeness (QED) is 0.838. The van der Waals surface area contributed by atoms with Crippen LogP contribution >= 0.6 is 0 Å². The number of carbonyl (C=O) groups is 1. The first-order chi connectivity index (χ1) is 8.93. The van der Waals surface area contributed by atoms with Crippen LogP contribution in [0.3, 0.4) is 0 Å². The smallest absolute Gasteiger partial charge is 0.322 e. The van der Waals surface area contributed by atoms with Crippen LogP contribution in [0, 0.1) is 5.92 Å². The van der Waals surface area contributed by atoms with Crippen molar-refractivity contribution in [2.45, 2.75) is 45.1 Å². The van der Waals surface area contributed by atoms with Gasteiger partial charge in [0.1, 0.15) is 6.04 Å². The predicted molar refractivity (Wildman–Crippen MR) is 70.9 cm³/mol. The second-order valence-corrected chi connectivity index (χ2v) is 7.43. The minimum absolute atomic E-state index is 0.325. The summed E-state index contributed by atoms with van der Waals surface area (Å²) in [6.07, 6.45) is 3.64. The van der Waals surface area contributed by atoms with Gasteiger partial charge in [-0.1, -0.05) is 6.92 Å². The Balaban J connectivity index is 2.15. The van der Waals surface area contributed by atoms with Crippen molar-refractivity contribution in [1.82, 2.24) is 8.61 Å². The molecule has 1 atom stereocenters. The molecule has 0 radical (unpaired) electrons. The summed E-state index contributed by atoms with van der Waals surface area (Å²) in [5.74, 6) is -0.489. The second-order valence-electron chi connectivity index (χ2n) is 5.55. The lowest BCUT2D eigenvalue weighted by atomic mass is 10.0. The Kier molecular flexibility index (Phi) is 4.47. The standard InChI is InChI=1S/C12H22N2O4S/c1-10-5-8-13(9-6-10)19(17,18)14-7-3-2-4-11(14)12(15)16/h10-11H,2-9H2,1H3,(H,15,16)/t11-/m0/s1. The summed E-state index contributed by atoms with van der Waals surface area (Å²) in [4.78, 5) is 11.2. The fourth-order valence-corrected chi connectivity index (χ4v) is 4.64. The van der Waals surface area contributed by atoms with Crippen molar-refractivity contribution >= 4 is 16.2 Å². The summed E-state index contributed by atoms with van der Waals surface area (Å²) in [5.41, 5.74) is 0. The summed E-state index contributed by atoms with van der Waals surface area (Å²) in [6.45, 7) is 3.45. The van der Waals surface area contributed by atoms with Crippen molar-refractivity contribution in [2.75, 3.05) is 19.6 Å². The molecule has 2 aliphatic heterocycles. The lowest BCUT2D eigenvalue weighted by Crippen LogP contribution is -2.54. The fraction of sp³-hybridized carbons (Fsp3) is 0.917. The molecule has 2 aliphatic rings. The van der Waals surface area contributed by atoms with E-state index in [9.17, 15) is 18.3 Å². The first kappa shape index (κ1) is 14.7. The normalized spacial score (nSPS) is 28.4. The molecule has 0 aromatic carbocycles. The Hall–Kier alpha value is -0.660. The Morgan fingerprint density at radius 3 is 2.32 bits per heavy atom. The van der Waals surface area contributed by atoms with Crippen LogP contribution in [0.4, 0.5) is 0 Å². The van der Waals surface area contributed by atoms with Crippen molar-refractivity contribution in [1.29, 1.82) is 0 Å². The zero-order chi connectivity index (χ0) is 14.0. The number of carboxylic acid groups (broad SMARTS) is 1. The molecular formula is C12H22N2O4S. The summed E-state index contributed by atoms with van der Waals surface area (Å²) >= 11 is 0. The van der Waals surface area contributed by atoms with Gasteiger partial charge < -0.3 is 5.11 Å². The molecular weight excluding hydrogens is 268 g/mol. The van der Waals surface area contributed by atoms with Crippen LogP contribution in [-0.2, 0) is 15.0 Å². The maximum Gasteiger partial charge on any atom is 0.322 e. The third kappa shape index (κ3) is 3.09. The van der Waals surface area contributed by atoms with Gasteiger partial charge in [0.05, 0.1) is 0 Å². The maximum atomic E-state index is 12.6. The van der Waals surface area contributed by atoms with E-state index in [1.807, 2.05) is 0 Å². The van der Waals surface area contributed by atoms with Crippen molar-refractivity contribution in [3.63, 3.8) is 0 Å². The highest BCUT2D eigenvalue weighted by Gasteiger charge is 2.40. The van der Waals surface area contributed by atoms with Gasteiger partial charge in [0.25, 0.3) is 10.2 Å². The van der Waals surface area contributed by atoms with Gasteiger partial charge in [-0.15, -0.1) is 0 Å². The number of aliphatic carboxylic acids is 1. The number of hydrogen-bond acceptors (Lipinski definition) is 3. The van der Waals surface area contributed by atoms with Crippen LogP contribution in [0.2, 0.25) is 0 Å². The van der Waals surface area contributed by atoms with Gasteiger partial charge in [-0.3, -0.25) is 4.79 Å². The average molecular weight is 290 g/mol. The predicted octanol–water partition coefficient (Wildman–Crippen LogP) is 0.902. The molecule has 0 aliphatic carbocycles. The van der Waals surface area contributed by atoms with E-state index in [1.165, 1.54) is 8.61 Å². The highest BCUT2D eigenvalue weighted by Crippen LogP contribution is 2.26. The molecule has 2 rings (SSSR count). The minimum Gasteiger partial charge on any atom is -0.480 e. The minimum atomic E-state index is -3.62. The molecule has 0 bridgehead atoms. The van der Waals surface area contributed by atoms with Gasteiger partial charge in [-0.2, -0.15) is 17.0 Å². The zero-order valence-electron chi connectivity index (χ0n) is 11.3. The summed E-state index contributed by atoms with van der Waals surface area (Å²) in [5, 5.41) is 9.19. The molecule has 110 valence electrons. The molecule has 2 fully saturated rings. The van der Waals surface area contributed by atoms with E-state index in [-0.39, 0.29) is 0 Å². The molecule has 2 saturated heterocycles. The van der Waals surface area contributed by atoms with Gasteiger partial charge in [-0.25, -0.2) is 0 Å². The number of carboxylic acids is 1. The highest BCUT2D eigenvalue weighted by atomic mass is 32.2. The summed E-state index contributed by atoms with van der Waals surface area (Å²) in [6, 6.07) is -0.891. The molecule has 0 spiro atoms. The van der Waals surface area contributed by atoms with E-state index >= 15 is 0 Å². The van der Waals surface area contributed by atoms with Gasteiger partial charge in [0, 0.05) is 19.6 Å². The lowest BCUT2D eigenvalue weighted by molar-refractivity contribution is -0.142. The topological polar surface area (TPSA) is 77.9 Å². The fourth-order valence-electron chi connectivity index (χ4n) is 2.79. The number of nitrogens with zero attached hydrogens (tertiary/aromatic N) is 2. The van der Waals surface area contributed by atoms with Crippen LogP contribution in [0.5, 0.6) is 0 Å². The Morgan fingerprint density at radius 2 is 1.74 bits per heavy atom. The van der Waals surface area contributed by atoms with Crippen molar-refractivity contribution in [3.8, 4) is 0 Å². The molecule has 6 nitrogen and oxygen atoms in total. The van der Waals surface area contributed by atoms with E-state index in [0.717, 1.165) is 25.7 Å². The number of rotatable bonds is 3.